The zero-order valence-electron chi connectivity index (χ0n) is 10.3. The van der Waals surface area contributed by atoms with Crippen LogP contribution in [0.5, 0.6) is 0 Å². The first-order valence-corrected chi connectivity index (χ1v) is 7.25. The summed E-state index contributed by atoms with van der Waals surface area (Å²) in [5.74, 6) is 1.63. The molecule has 0 radical (unpaired) electrons. The van der Waals surface area contributed by atoms with Gasteiger partial charge in [-0.1, -0.05) is 0 Å². The highest BCUT2D eigenvalue weighted by molar-refractivity contribution is 7.85. The molecular weight excluding hydrogens is 224 g/mol. The van der Waals surface area contributed by atoms with E-state index >= 15 is 0 Å². The molecule has 1 saturated heterocycles. The van der Waals surface area contributed by atoms with Crippen LogP contribution >= 0.6 is 0 Å². The maximum absolute atomic E-state index is 11.6. The van der Waals surface area contributed by atoms with Gasteiger partial charge in [-0.2, -0.15) is 0 Å². The molecule has 1 aliphatic rings. The van der Waals surface area contributed by atoms with E-state index in [0.717, 1.165) is 24.3 Å². The van der Waals surface area contributed by atoms with Crippen LogP contribution in [-0.4, -0.2) is 41.3 Å². The molecule has 0 saturated carbocycles. The maximum Gasteiger partial charge on any atom is 0.226 e. The summed E-state index contributed by atoms with van der Waals surface area (Å²) in [6, 6.07) is 0.418. The standard InChI is InChI=1S/C11H22N2O2S/c1-11(2,10(14)12-3)8-13-9-4-6-16(15)7-5-9/h9,13H,4-8H2,1-3H3,(H,12,14). The first kappa shape index (κ1) is 13.6. The number of carbonyl (C=O) groups excluding carboxylic acids is 1. The molecule has 16 heavy (non-hydrogen) atoms. The molecule has 0 bridgehead atoms. The second-order valence-corrected chi connectivity index (χ2v) is 6.66. The van der Waals surface area contributed by atoms with Gasteiger partial charge in [-0.25, -0.2) is 0 Å². The van der Waals surface area contributed by atoms with E-state index < -0.39 is 10.8 Å². The normalized spacial score (nSPS) is 26.4. The summed E-state index contributed by atoms with van der Waals surface area (Å²) in [6.07, 6.45) is 1.91. The molecule has 0 aromatic heterocycles. The number of hydrogen-bond donors (Lipinski definition) is 2. The molecule has 1 heterocycles. The van der Waals surface area contributed by atoms with E-state index in [1.54, 1.807) is 7.05 Å². The molecule has 4 nitrogen and oxygen atoms in total. The fourth-order valence-electron chi connectivity index (χ4n) is 1.82. The Morgan fingerprint density at radius 3 is 2.44 bits per heavy atom. The van der Waals surface area contributed by atoms with Crippen LogP contribution in [0.3, 0.4) is 0 Å². The molecular formula is C11H22N2O2S. The van der Waals surface area contributed by atoms with Gasteiger partial charge in [0.2, 0.25) is 5.91 Å². The lowest BCUT2D eigenvalue weighted by Crippen LogP contribution is -2.46. The van der Waals surface area contributed by atoms with Crippen molar-refractivity contribution in [2.75, 3.05) is 25.1 Å². The molecule has 0 spiro atoms. The summed E-state index contributed by atoms with van der Waals surface area (Å²) in [7, 11) is 1.05. The van der Waals surface area contributed by atoms with Gasteiger partial charge in [-0.15, -0.1) is 0 Å². The van der Waals surface area contributed by atoms with Crippen LogP contribution < -0.4 is 10.6 Å². The van der Waals surface area contributed by atoms with Crippen molar-refractivity contribution in [3.63, 3.8) is 0 Å². The molecule has 0 aliphatic carbocycles. The van der Waals surface area contributed by atoms with E-state index in [2.05, 4.69) is 10.6 Å². The van der Waals surface area contributed by atoms with Crippen molar-refractivity contribution in [2.24, 2.45) is 5.41 Å². The number of carbonyl (C=O) groups is 1. The van der Waals surface area contributed by atoms with Crippen molar-refractivity contribution in [3.05, 3.63) is 0 Å². The molecule has 5 heteroatoms. The lowest BCUT2D eigenvalue weighted by molar-refractivity contribution is -0.128. The highest BCUT2D eigenvalue weighted by Crippen LogP contribution is 2.16. The molecule has 0 aromatic rings. The van der Waals surface area contributed by atoms with Crippen LogP contribution in [0.2, 0.25) is 0 Å². The van der Waals surface area contributed by atoms with Gasteiger partial charge < -0.3 is 10.6 Å². The average molecular weight is 246 g/mol. The van der Waals surface area contributed by atoms with Crippen molar-refractivity contribution >= 4 is 16.7 Å². The molecule has 0 unspecified atom stereocenters. The first-order valence-electron chi connectivity index (χ1n) is 5.76. The van der Waals surface area contributed by atoms with Crippen molar-refractivity contribution in [3.8, 4) is 0 Å². The molecule has 1 rings (SSSR count). The monoisotopic (exact) mass is 246 g/mol. The van der Waals surface area contributed by atoms with E-state index in [-0.39, 0.29) is 11.3 Å². The van der Waals surface area contributed by atoms with Gasteiger partial charge in [0.25, 0.3) is 0 Å². The largest absolute Gasteiger partial charge is 0.359 e. The maximum atomic E-state index is 11.6. The molecule has 0 aromatic carbocycles. The topological polar surface area (TPSA) is 58.2 Å². The average Bonchev–Trinajstić information content (AvgIpc) is 2.27. The van der Waals surface area contributed by atoms with Gasteiger partial charge in [-0.3, -0.25) is 9.00 Å². The smallest absolute Gasteiger partial charge is 0.226 e. The van der Waals surface area contributed by atoms with E-state index in [1.165, 1.54) is 0 Å². The van der Waals surface area contributed by atoms with E-state index in [1.807, 2.05) is 13.8 Å². The van der Waals surface area contributed by atoms with Crippen molar-refractivity contribution in [1.29, 1.82) is 0 Å². The third-order valence-electron chi connectivity index (χ3n) is 3.06. The summed E-state index contributed by atoms with van der Waals surface area (Å²) in [5.41, 5.74) is -0.384. The summed E-state index contributed by atoms with van der Waals surface area (Å²) in [4.78, 5) is 11.6. The molecule has 0 atom stereocenters. The quantitative estimate of drug-likeness (QED) is 0.748. The lowest BCUT2D eigenvalue weighted by atomic mass is 9.91. The van der Waals surface area contributed by atoms with E-state index in [0.29, 0.717) is 12.6 Å². The number of hydrogen-bond acceptors (Lipinski definition) is 3. The molecule has 94 valence electrons. The Hall–Kier alpha value is -0.420. The Morgan fingerprint density at radius 1 is 1.38 bits per heavy atom. The van der Waals surface area contributed by atoms with Crippen LogP contribution in [0, 0.1) is 5.41 Å². The first-order chi connectivity index (χ1) is 7.45. The fraction of sp³-hybridized carbons (Fsp3) is 0.909. The van der Waals surface area contributed by atoms with Gasteiger partial charge in [0.15, 0.2) is 0 Å². The second kappa shape index (κ2) is 5.77. The van der Waals surface area contributed by atoms with Gasteiger partial charge in [0.05, 0.1) is 5.41 Å². The number of amides is 1. The minimum Gasteiger partial charge on any atom is -0.359 e. The second-order valence-electron chi connectivity index (χ2n) is 4.97. The number of nitrogens with one attached hydrogen (secondary N) is 2. The third-order valence-corrected chi connectivity index (χ3v) is 4.44. The van der Waals surface area contributed by atoms with Crippen molar-refractivity contribution in [1.82, 2.24) is 10.6 Å². The Labute approximate surface area is 100 Å². The Bertz CT molecular complexity index is 269. The van der Waals surface area contributed by atoms with Gasteiger partial charge in [0, 0.05) is 41.9 Å². The Kier molecular flexibility index (Phi) is 4.92. The van der Waals surface area contributed by atoms with Crippen LogP contribution in [-0.2, 0) is 15.6 Å². The SMILES string of the molecule is CNC(=O)C(C)(C)CNC1CCS(=O)CC1. The van der Waals surface area contributed by atoms with E-state index in [9.17, 15) is 9.00 Å². The van der Waals surface area contributed by atoms with Gasteiger partial charge >= 0.3 is 0 Å². The van der Waals surface area contributed by atoms with Crippen LogP contribution in [0.1, 0.15) is 26.7 Å². The summed E-state index contributed by atoms with van der Waals surface area (Å²) >= 11 is 0. The lowest BCUT2D eigenvalue weighted by Gasteiger charge is -2.28. The zero-order valence-corrected chi connectivity index (χ0v) is 11.2. The fourth-order valence-corrected chi connectivity index (χ4v) is 3.12. The van der Waals surface area contributed by atoms with E-state index in [4.69, 9.17) is 0 Å². The predicted molar refractivity (Wildman–Crippen MR) is 66.7 cm³/mol. The van der Waals surface area contributed by atoms with Gasteiger partial charge in [0.1, 0.15) is 0 Å². The van der Waals surface area contributed by atoms with Crippen LogP contribution in [0.15, 0.2) is 0 Å². The third kappa shape index (κ3) is 3.87. The Morgan fingerprint density at radius 2 is 1.94 bits per heavy atom. The van der Waals surface area contributed by atoms with Crippen molar-refractivity contribution < 1.29 is 9.00 Å². The zero-order chi connectivity index (χ0) is 12.2. The summed E-state index contributed by atoms with van der Waals surface area (Å²) in [6.45, 7) is 4.53. The molecule has 1 aliphatic heterocycles. The predicted octanol–water partition coefficient (Wildman–Crippen LogP) is 0.259. The number of rotatable bonds is 4. The summed E-state index contributed by atoms with van der Waals surface area (Å²) in [5, 5.41) is 6.07. The molecule has 2 N–H and O–H groups in total. The van der Waals surface area contributed by atoms with Crippen LogP contribution in [0.25, 0.3) is 0 Å². The molecule has 1 amide bonds. The molecule has 1 fully saturated rings. The highest BCUT2D eigenvalue weighted by Gasteiger charge is 2.28. The van der Waals surface area contributed by atoms with Crippen molar-refractivity contribution in [2.45, 2.75) is 32.7 Å². The van der Waals surface area contributed by atoms with Crippen LogP contribution in [0.4, 0.5) is 0 Å². The van der Waals surface area contributed by atoms with Gasteiger partial charge in [-0.05, 0) is 26.7 Å². The minimum absolute atomic E-state index is 0.0550. The minimum atomic E-state index is -0.615. The summed E-state index contributed by atoms with van der Waals surface area (Å²) < 4.78 is 11.2. The Balaban J connectivity index is 2.34. The highest BCUT2D eigenvalue weighted by atomic mass is 32.2.